The number of pyridine rings is 1. The van der Waals surface area contributed by atoms with Gasteiger partial charge in [0.15, 0.2) is 0 Å². The van der Waals surface area contributed by atoms with E-state index in [0.29, 0.717) is 17.1 Å². The van der Waals surface area contributed by atoms with E-state index in [1.54, 1.807) is 30.2 Å². The third-order valence-corrected chi connectivity index (χ3v) is 4.09. The number of nitrogens with zero attached hydrogens (tertiary/aromatic N) is 5. The Bertz CT molecular complexity index is 1040. The second-order valence-corrected chi connectivity index (χ2v) is 7.49. The van der Waals surface area contributed by atoms with Crippen molar-refractivity contribution in [2.45, 2.75) is 32.4 Å². The molecule has 0 saturated carbocycles. The van der Waals surface area contributed by atoms with Crippen LogP contribution in [0.5, 0.6) is 0 Å². The number of rotatable bonds is 3. The lowest BCUT2D eigenvalue weighted by Gasteiger charge is -2.19. The molecule has 0 fully saturated rings. The molecule has 0 aromatic carbocycles. The molecule has 0 aliphatic rings. The average Bonchev–Trinajstić information content (AvgIpc) is 3.06. The summed E-state index contributed by atoms with van der Waals surface area (Å²) >= 11 is 0. The number of carbonyl (C=O) groups is 1. The minimum atomic E-state index is -4.55. The van der Waals surface area contributed by atoms with Crippen LogP contribution < -0.4 is 5.32 Å². The fourth-order valence-electron chi connectivity index (χ4n) is 2.49. The molecule has 0 bridgehead atoms. The molecule has 3 aromatic rings. The van der Waals surface area contributed by atoms with Gasteiger partial charge >= 0.3 is 6.18 Å². The molecule has 0 atom stereocenters. The van der Waals surface area contributed by atoms with Gasteiger partial charge in [-0.3, -0.25) is 4.79 Å². The van der Waals surface area contributed by atoms with Gasteiger partial charge in [-0.15, -0.1) is 0 Å². The lowest BCUT2D eigenvalue weighted by atomic mass is 9.91. The first-order valence-electron chi connectivity index (χ1n) is 8.66. The van der Waals surface area contributed by atoms with Crippen molar-refractivity contribution in [3.05, 3.63) is 54.1 Å². The minimum Gasteiger partial charge on any atom is -0.332 e. The summed E-state index contributed by atoms with van der Waals surface area (Å²) in [5.74, 6) is -0.755. The smallest absolute Gasteiger partial charge is 0.332 e. The van der Waals surface area contributed by atoms with Gasteiger partial charge in [-0.2, -0.15) is 13.2 Å². The summed E-state index contributed by atoms with van der Waals surface area (Å²) in [6.45, 7) is 5.84. The summed E-state index contributed by atoms with van der Waals surface area (Å²) in [5, 5.41) is 2.49. The Hall–Kier alpha value is -3.30. The van der Waals surface area contributed by atoms with Crippen LogP contribution >= 0.6 is 0 Å². The van der Waals surface area contributed by atoms with Gasteiger partial charge in [0.2, 0.25) is 5.82 Å². The zero-order valence-electron chi connectivity index (χ0n) is 16.2. The van der Waals surface area contributed by atoms with E-state index >= 15 is 0 Å². The number of anilines is 1. The fourth-order valence-corrected chi connectivity index (χ4v) is 2.49. The molecule has 3 heterocycles. The summed E-state index contributed by atoms with van der Waals surface area (Å²) in [6.07, 6.45) is -0.376. The number of imidazole rings is 1. The van der Waals surface area contributed by atoms with Crippen molar-refractivity contribution in [2.24, 2.45) is 7.05 Å². The number of amides is 1. The van der Waals surface area contributed by atoms with Crippen LogP contribution in [0.25, 0.3) is 11.4 Å². The Morgan fingerprint density at radius 1 is 1.07 bits per heavy atom. The number of aromatic nitrogens is 5. The van der Waals surface area contributed by atoms with Crippen molar-refractivity contribution in [1.82, 2.24) is 24.5 Å². The number of halogens is 3. The van der Waals surface area contributed by atoms with E-state index in [1.165, 1.54) is 0 Å². The lowest BCUT2D eigenvalue weighted by molar-refractivity contribution is -0.141. The summed E-state index contributed by atoms with van der Waals surface area (Å²) in [4.78, 5) is 28.7. The van der Waals surface area contributed by atoms with Gasteiger partial charge in [-0.25, -0.2) is 19.9 Å². The molecule has 10 heteroatoms. The van der Waals surface area contributed by atoms with Crippen LogP contribution in [-0.4, -0.2) is 30.4 Å². The van der Waals surface area contributed by atoms with Gasteiger partial charge in [-0.05, 0) is 18.2 Å². The number of hydrogen-bond acceptors (Lipinski definition) is 5. The van der Waals surface area contributed by atoms with Gasteiger partial charge in [-0.1, -0.05) is 20.8 Å². The Morgan fingerprint density at radius 2 is 1.79 bits per heavy atom. The molecular formula is C19H19F3N6O. The fraction of sp³-hybridized carbons (Fsp3) is 0.316. The van der Waals surface area contributed by atoms with Crippen molar-refractivity contribution in [2.75, 3.05) is 5.32 Å². The van der Waals surface area contributed by atoms with Crippen molar-refractivity contribution < 1.29 is 18.0 Å². The maximum atomic E-state index is 12.7. The van der Waals surface area contributed by atoms with Crippen molar-refractivity contribution >= 4 is 11.6 Å². The van der Waals surface area contributed by atoms with E-state index in [1.807, 2.05) is 20.8 Å². The highest BCUT2D eigenvalue weighted by Gasteiger charge is 2.32. The molecule has 1 N–H and O–H groups in total. The van der Waals surface area contributed by atoms with Crippen LogP contribution in [-0.2, 0) is 18.6 Å². The maximum Gasteiger partial charge on any atom is 0.433 e. The normalized spacial score (nSPS) is 12.1. The second-order valence-electron chi connectivity index (χ2n) is 7.49. The molecule has 0 aliphatic heterocycles. The molecular weight excluding hydrogens is 385 g/mol. The monoisotopic (exact) mass is 404 g/mol. The minimum absolute atomic E-state index is 0.103. The quantitative estimate of drug-likeness (QED) is 0.717. The molecule has 0 spiro atoms. The Balaban J connectivity index is 1.95. The number of carbonyl (C=O) groups excluding carboxylic acids is 1. The lowest BCUT2D eigenvalue weighted by Crippen LogP contribution is -2.21. The first-order chi connectivity index (χ1) is 13.4. The topological polar surface area (TPSA) is 85.6 Å². The summed E-state index contributed by atoms with van der Waals surface area (Å²) in [6, 6.07) is 3.71. The van der Waals surface area contributed by atoms with Gasteiger partial charge in [0.25, 0.3) is 5.91 Å². The van der Waals surface area contributed by atoms with E-state index in [-0.39, 0.29) is 16.9 Å². The molecule has 0 aliphatic carbocycles. The zero-order chi connectivity index (χ0) is 21.4. The predicted octanol–water partition coefficient (Wildman–Crippen LogP) is 3.84. The molecule has 0 unspecified atom stereocenters. The van der Waals surface area contributed by atoms with Crippen LogP contribution in [0.1, 0.15) is 42.8 Å². The van der Waals surface area contributed by atoms with Crippen LogP contribution in [0.15, 0.2) is 36.9 Å². The second kappa shape index (κ2) is 7.26. The van der Waals surface area contributed by atoms with E-state index < -0.39 is 17.8 Å². The van der Waals surface area contributed by atoms with Gasteiger partial charge in [0.1, 0.15) is 5.69 Å². The number of alkyl halides is 3. The van der Waals surface area contributed by atoms with Crippen LogP contribution in [0.3, 0.4) is 0 Å². The Kier molecular flexibility index (Phi) is 5.12. The molecule has 7 nitrogen and oxygen atoms in total. The summed E-state index contributed by atoms with van der Waals surface area (Å²) < 4.78 is 39.7. The van der Waals surface area contributed by atoms with Gasteiger partial charge in [0, 0.05) is 12.5 Å². The SMILES string of the molecule is Cn1cncc1-c1cc(C(C)(C)C)nc(C(=O)Nc2ccc(C(F)(F)F)nc2)n1. The molecule has 1 amide bonds. The van der Waals surface area contributed by atoms with Crippen LogP contribution in [0.4, 0.5) is 18.9 Å². The molecule has 3 rings (SSSR count). The average molecular weight is 404 g/mol. The van der Waals surface area contributed by atoms with E-state index in [2.05, 4.69) is 25.3 Å². The van der Waals surface area contributed by atoms with Gasteiger partial charge < -0.3 is 9.88 Å². The van der Waals surface area contributed by atoms with E-state index in [0.717, 1.165) is 18.3 Å². The molecule has 3 aromatic heterocycles. The molecule has 152 valence electrons. The van der Waals surface area contributed by atoms with Crippen molar-refractivity contribution in [3.63, 3.8) is 0 Å². The number of aryl methyl sites for hydroxylation is 1. The first kappa shape index (κ1) is 20.4. The number of nitrogens with one attached hydrogen (secondary N) is 1. The maximum absolute atomic E-state index is 12.7. The van der Waals surface area contributed by atoms with Crippen LogP contribution in [0.2, 0.25) is 0 Å². The highest BCUT2D eigenvalue weighted by atomic mass is 19.4. The van der Waals surface area contributed by atoms with Crippen molar-refractivity contribution in [3.8, 4) is 11.4 Å². The molecule has 29 heavy (non-hydrogen) atoms. The van der Waals surface area contributed by atoms with E-state index in [4.69, 9.17) is 0 Å². The van der Waals surface area contributed by atoms with Gasteiger partial charge in [0.05, 0.1) is 41.5 Å². The Morgan fingerprint density at radius 3 is 2.31 bits per heavy atom. The predicted molar refractivity (Wildman–Crippen MR) is 100 cm³/mol. The first-order valence-corrected chi connectivity index (χ1v) is 8.66. The third kappa shape index (κ3) is 4.58. The van der Waals surface area contributed by atoms with Crippen molar-refractivity contribution in [1.29, 1.82) is 0 Å². The summed E-state index contributed by atoms with van der Waals surface area (Å²) in [5.41, 5.74) is 0.555. The highest BCUT2D eigenvalue weighted by molar-refractivity contribution is 6.01. The zero-order valence-corrected chi connectivity index (χ0v) is 16.2. The third-order valence-electron chi connectivity index (χ3n) is 4.09. The standard InChI is InChI=1S/C19H19F3N6O/c1-18(2,3)15-7-12(13-9-23-10-28(13)4)26-16(27-15)17(29)25-11-5-6-14(24-8-11)19(20,21)22/h5-10H,1-4H3,(H,25,29). The van der Waals surface area contributed by atoms with E-state index in [9.17, 15) is 18.0 Å². The highest BCUT2D eigenvalue weighted by Crippen LogP contribution is 2.28. The molecule has 0 radical (unpaired) electrons. The molecule has 0 saturated heterocycles. The largest absolute Gasteiger partial charge is 0.433 e. The summed E-state index contributed by atoms with van der Waals surface area (Å²) in [7, 11) is 1.80. The Labute approximate surface area is 165 Å². The number of hydrogen-bond donors (Lipinski definition) is 1. The van der Waals surface area contributed by atoms with Crippen LogP contribution in [0, 0.1) is 0 Å².